The van der Waals surface area contributed by atoms with Crippen molar-refractivity contribution < 1.29 is 13.5 Å². The second-order valence-corrected chi connectivity index (χ2v) is 5.90. The Hall–Kier alpha value is -0.870. The molecule has 1 fully saturated rings. The van der Waals surface area contributed by atoms with Crippen molar-refractivity contribution >= 4 is 11.6 Å². The van der Waals surface area contributed by atoms with Crippen molar-refractivity contribution in [1.82, 2.24) is 5.32 Å². The summed E-state index contributed by atoms with van der Waals surface area (Å²) in [5, 5.41) is 3.05. The van der Waals surface area contributed by atoms with E-state index in [2.05, 4.69) is 5.32 Å². The van der Waals surface area contributed by atoms with Crippen LogP contribution in [0.2, 0.25) is 5.02 Å². The second-order valence-electron chi connectivity index (χ2n) is 5.52. The molecule has 1 aliphatic heterocycles. The molecule has 0 spiro atoms. The van der Waals surface area contributed by atoms with E-state index < -0.39 is 11.6 Å². The molecule has 0 radical (unpaired) electrons. The molecule has 1 saturated heterocycles. The van der Waals surface area contributed by atoms with Gasteiger partial charge in [-0.2, -0.15) is 0 Å². The third kappa shape index (κ3) is 4.06. The highest BCUT2D eigenvalue weighted by molar-refractivity contribution is 6.32. The van der Waals surface area contributed by atoms with Crippen LogP contribution in [-0.2, 0) is 0 Å². The summed E-state index contributed by atoms with van der Waals surface area (Å²) in [7, 11) is 0. The van der Waals surface area contributed by atoms with Gasteiger partial charge in [-0.1, -0.05) is 18.5 Å². The topological polar surface area (TPSA) is 21.3 Å². The van der Waals surface area contributed by atoms with Gasteiger partial charge < -0.3 is 10.1 Å². The maximum Gasteiger partial charge on any atom is 0.176 e. The maximum atomic E-state index is 13.5. The van der Waals surface area contributed by atoms with Crippen molar-refractivity contribution in [1.29, 1.82) is 0 Å². The minimum Gasteiger partial charge on any atom is -0.489 e. The van der Waals surface area contributed by atoms with Gasteiger partial charge in [0, 0.05) is 0 Å². The molecule has 0 bridgehead atoms. The molecule has 2 unspecified atom stereocenters. The number of hydrogen-bond acceptors (Lipinski definition) is 2. The SMILES string of the molecule is CC(CCC1CCNC1)COc1c(F)ccc(F)c1Cl. The van der Waals surface area contributed by atoms with Gasteiger partial charge in [0.05, 0.1) is 6.61 Å². The van der Waals surface area contributed by atoms with Crippen molar-refractivity contribution in [2.75, 3.05) is 19.7 Å². The van der Waals surface area contributed by atoms with E-state index in [0.29, 0.717) is 6.61 Å². The Morgan fingerprint density at radius 3 is 2.85 bits per heavy atom. The van der Waals surface area contributed by atoms with Crippen LogP contribution >= 0.6 is 11.6 Å². The van der Waals surface area contributed by atoms with Crippen LogP contribution < -0.4 is 10.1 Å². The Balaban J connectivity index is 1.80. The zero-order valence-electron chi connectivity index (χ0n) is 11.6. The van der Waals surface area contributed by atoms with Crippen molar-refractivity contribution in [2.24, 2.45) is 11.8 Å². The molecular formula is C15H20ClF2NO. The first-order chi connectivity index (χ1) is 9.58. The second kappa shape index (κ2) is 7.23. The van der Waals surface area contributed by atoms with Gasteiger partial charge in [0.1, 0.15) is 10.8 Å². The summed E-state index contributed by atoms with van der Waals surface area (Å²) in [4.78, 5) is 0. The zero-order valence-corrected chi connectivity index (χ0v) is 12.4. The summed E-state index contributed by atoms with van der Waals surface area (Å²) in [6, 6.07) is 2.03. The molecule has 1 aromatic carbocycles. The molecule has 0 aliphatic carbocycles. The molecule has 2 atom stereocenters. The fourth-order valence-corrected chi connectivity index (χ4v) is 2.64. The van der Waals surface area contributed by atoms with Gasteiger partial charge >= 0.3 is 0 Å². The van der Waals surface area contributed by atoms with Crippen molar-refractivity contribution in [3.8, 4) is 5.75 Å². The van der Waals surface area contributed by atoms with Crippen LogP contribution in [0.15, 0.2) is 12.1 Å². The van der Waals surface area contributed by atoms with Crippen LogP contribution in [0.1, 0.15) is 26.2 Å². The van der Waals surface area contributed by atoms with E-state index in [1.165, 1.54) is 6.42 Å². The number of rotatable bonds is 6. The van der Waals surface area contributed by atoms with Crippen LogP contribution in [0.25, 0.3) is 0 Å². The lowest BCUT2D eigenvalue weighted by Gasteiger charge is -2.16. The molecule has 112 valence electrons. The van der Waals surface area contributed by atoms with Gasteiger partial charge in [-0.25, -0.2) is 8.78 Å². The van der Waals surface area contributed by atoms with E-state index in [4.69, 9.17) is 16.3 Å². The highest BCUT2D eigenvalue weighted by Crippen LogP contribution is 2.31. The molecular weight excluding hydrogens is 284 g/mol. The van der Waals surface area contributed by atoms with Gasteiger partial charge in [-0.05, 0) is 56.3 Å². The van der Waals surface area contributed by atoms with Crippen LogP contribution in [0.3, 0.4) is 0 Å². The quantitative estimate of drug-likeness (QED) is 0.801. The molecule has 1 N–H and O–H groups in total. The molecule has 2 nitrogen and oxygen atoms in total. The summed E-state index contributed by atoms with van der Waals surface area (Å²) < 4.78 is 32.1. The molecule has 1 aromatic rings. The van der Waals surface area contributed by atoms with Crippen LogP contribution in [0.4, 0.5) is 8.78 Å². The Morgan fingerprint density at radius 2 is 2.15 bits per heavy atom. The molecule has 2 rings (SSSR count). The fraction of sp³-hybridized carbons (Fsp3) is 0.600. The van der Waals surface area contributed by atoms with E-state index in [0.717, 1.165) is 44.0 Å². The first kappa shape index (κ1) is 15.5. The number of benzene rings is 1. The molecule has 1 heterocycles. The minimum atomic E-state index is -0.659. The minimum absolute atomic E-state index is 0.180. The van der Waals surface area contributed by atoms with Crippen molar-refractivity contribution in [3.05, 3.63) is 28.8 Å². The van der Waals surface area contributed by atoms with E-state index >= 15 is 0 Å². The zero-order chi connectivity index (χ0) is 14.5. The lowest BCUT2D eigenvalue weighted by Crippen LogP contribution is -2.13. The monoisotopic (exact) mass is 303 g/mol. The van der Waals surface area contributed by atoms with E-state index in [1.54, 1.807) is 0 Å². The van der Waals surface area contributed by atoms with Crippen molar-refractivity contribution in [2.45, 2.75) is 26.2 Å². The standard InChI is InChI=1S/C15H20ClF2NO/c1-10(2-3-11-6-7-19-8-11)9-20-15-13(18)5-4-12(17)14(15)16/h4-5,10-11,19H,2-3,6-9H2,1H3. The Labute approximate surface area is 123 Å². The average Bonchev–Trinajstić information content (AvgIpc) is 2.94. The smallest absolute Gasteiger partial charge is 0.176 e. The van der Waals surface area contributed by atoms with Gasteiger partial charge in [-0.3, -0.25) is 0 Å². The van der Waals surface area contributed by atoms with E-state index in [1.807, 2.05) is 6.92 Å². The van der Waals surface area contributed by atoms with Gasteiger partial charge in [0.25, 0.3) is 0 Å². The first-order valence-corrected chi connectivity index (χ1v) is 7.42. The summed E-state index contributed by atoms with van der Waals surface area (Å²) in [5.74, 6) is -0.446. The summed E-state index contributed by atoms with van der Waals surface area (Å²) in [6.45, 7) is 4.57. The molecule has 0 saturated carbocycles. The third-order valence-electron chi connectivity index (χ3n) is 3.74. The predicted octanol–water partition coefficient (Wildman–Crippen LogP) is 4.02. The highest BCUT2D eigenvalue weighted by atomic mass is 35.5. The van der Waals surface area contributed by atoms with Crippen molar-refractivity contribution in [3.63, 3.8) is 0 Å². The van der Waals surface area contributed by atoms with E-state index in [-0.39, 0.29) is 16.7 Å². The molecule has 5 heteroatoms. The fourth-order valence-electron chi connectivity index (χ4n) is 2.43. The average molecular weight is 304 g/mol. The maximum absolute atomic E-state index is 13.5. The summed E-state index contributed by atoms with van der Waals surface area (Å²) in [6.07, 6.45) is 3.37. The molecule has 1 aliphatic rings. The van der Waals surface area contributed by atoms with Gasteiger partial charge in [0.2, 0.25) is 0 Å². The lowest BCUT2D eigenvalue weighted by molar-refractivity contribution is 0.234. The van der Waals surface area contributed by atoms with Gasteiger partial charge in [0.15, 0.2) is 11.6 Å². The van der Waals surface area contributed by atoms with E-state index in [9.17, 15) is 8.78 Å². The molecule has 0 amide bonds. The number of hydrogen-bond donors (Lipinski definition) is 1. The predicted molar refractivity (Wildman–Crippen MR) is 76.2 cm³/mol. The highest BCUT2D eigenvalue weighted by Gasteiger charge is 2.17. The van der Waals surface area contributed by atoms with Crippen LogP contribution in [0, 0.1) is 23.5 Å². The Morgan fingerprint density at radius 1 is 1.40 bits per heavy atom. The lowest BCUT2D eigenvalue weighted by atomic mass is 9.97. The third-order valence-corrected chi connectivity index (χ3v) is 4.10. The summed E-state index contributed by atoms with van der Waals surface area (Å²) >= 11 is 5.71. The largest absolute Gasteiger partial charge is 0.489 e. The Bertz CT molecular complexity index is 450. The normalized spacial score (nSPS) is 20.1. The Kier molecular flexibility index (Phi) is 5.61. The molecule has 0 aromatic heterocycles. The summed E-state index contributed by atoms with van der Waals surface area (Å²) in [5.41, 5.74) is 0. The van der Waals surface area contributed by atoms with Crippen LogP contribution in [-0.4, -0.2) is 19.7 Å². The first-order valence-electron chi connectivity index (χ1n) is 7.05. The van der Waals surface area contributed by atoms with Crippen LogP contribution in [0.5, 0.6) is 5.75 Å². The number of halogens is 3. The van der Waals surface area contributed by atoms with Gasteiger partial charge in [-0.15, -0.1) is 0 Å². The number of nitrogens with one attached hydrogen (secondary N) is 1. The number of ether oxygens (including phenoxy) is 1. The molecule has 20 heavy (non-hydrogen) atoms.